The molecule has 2 rings (SSSR count). The van der Waals surface area contributed by atoms with Crippen LogP contribution in [0.25, 0.3) is 0 Å². The third kappa shape index (κ3) is 4.03. The van der Waals surface area contributed by atoms with Crippen LogP contribution >= 0.6 is 15.9 Å². The van der Waals surface area contributed by atoms with Gasteiger partial charge in [-0.15, -0.1) is 0 Å². The van der Waals surface area contributed by atoms with Crippen molar-refractivity contribution in [3.63, 3.8) is 0 Å². The summed E-state index contributed by atoms with van der Waals surface area (Å²) in [6, 6.07) is 11.5. The van der Waals surface area contributed by atoms with Gasteiger partial charge >= 0.3 is 0 Å². The first kappa shape index (κ1) is 14.0. The summed E-state index contributed by atoms with van der Waals surface area (Å²) in [5, 5.41) is 3.19. The minimum Gasteiger partial charge on any atom is -0.382 e. The van der Waals surface area contributed by atoms with Crippen molar-refractivity contribution in [2.75, 3.05) is 5.32 Å². The van der Waals surface area contributed by atoms with Crippen molar-refractivity contribution in [2.45, 2.75) is 19.4 Å². The Morgan fingerprint density at radius 1 is 1.16 bits per heavy atom. The summed E-state index contributed by atoms with van der Waals surface area (Å²) in [5.74, 6) is -0.539. The maximum atomic E-state index is 13.4. The zero-order valence-corrected chi connectivity index (χ0v) is 12.0. The number of nitrogens with one attached hydrogen (secondary N) is 1. The fourth-order valence-corrected chi connectivity index (χ4v) is 2.19. The highest BCUT2D eigenvalue weighted by Gasteiger charge is 2.06. The molecule has 2 aromatic carbocycles. The van der Waals surface area contributed by atoms with Gasteiger partial charge in [0, 0.05) is 11.7 Å². The zero-order valence-electron chi connectivity index (χ0n) is 10.5. The summed E-state index contributed by atoms with van der Waals surface area (Å²) in [4.78, 5) is 0. The molecule has 0 aliphatic rings. The van der Waals surface area contributed by atoms with E-state index in [-0.39, 0.29) is 17.7 Å². The second kappa shape index (κ2) is 6.15. The highest BCUT2D eigenvalue weighted by atomic mass is 79.9. The molecule has 4 heteroatoms. The number of anilines is 1. The van der Waals surface area contributed by atoms with E-state index in [4.69, 9.17) is 0 Å². The fourth-order valence-electron chi connectivity index (χ4n) is 1.94. The largest absolute Gasteiger partial charge is 0.382 e. The van der Waals surface area contributed by atoms with Crippen LogP contribution in [0.15, 0.2) is 46.9 Å². The molecule has 1 N–H and O–H groups in total. The highest BCUT2D eigenvalue weighted by Crippen LogP contribution is 2.20. The van der Waals surface area contributed by atoms with Gasteiger partial charge in [0.15, 0.2) is 0 Å². The molecular weight excluding hydrogens is 312 g/mol. The molecule has 0 aromatic heterocycles. The molecule has 0 bridgehead atoms. The Labute approximate surface area is 119 Å². The van der Waals surface area contributed by atoms with E-state index < -0.39 is 0 Å². The Balaban J connectivity index is 2.01. The molecule has 0 radical (unpaired) electrons. The van der Waals surface area contributed by atoms with Gasteiger partial charge in [0.25, 0.3) is 0 Å². The average molecular weight is 326 g/mol. The third-order valence-corrected chi connectivity index (χ3v) is 3.41. The number of halogens is 3. The zero-order chi connectivity index (χ0) is 13.8. The van der Waals surface area contributed by atoms with Crippen molar-refractivity contribution in [3.05, 3.63) is 64.1 Å². The van der Waals surface area contributed by atoms with Crippen LogP contribution < -0.4 is 5.32 Å². The summed E-state index contributed by atoms with van der Waals surface area (Å²) >= 11 is 3.11. The predicted molar refractivity (Wildman–Crippen MR) is 77.3 cm³/mol. The SMILES string of the molecule is CC(Cc1cccc(F)c1)Nc1ccc(Br)c(F)c1. The van der Waals surface area contributed by atoms with E-state index in [1.807, 2.05) is 13.0 Å². The van der Waals surface area contributed by atoms with E-state index in [2.05, 4.69) is 21.2 Å². The Bertz CT molecular complexity index is 572. The highest BCUT2D eigenvalue weighted by molar-refractivity contribution is 9.10. The van der Waals surface area contributed by atoms with Crippen molar-refractivity contribution in [2.24, 2.45) is 0 Å². The molecule has 0 heterocycles. The van der Waals surface area contributed by atoms with Gasteiger partial charge in [0.05, 0.1) is 4.47 Å². The van der Waals surface area contributed by atoms with Crippen LogP contribution in [0.5, 0.6) is 0 Å². The van der Waals surface area contributed by atoms with Crippen molar-refractivity contribution in [1.82, 2.24) is 0 Å². The van der Waals surface area contributed by atoms with Gasteiger partial charge in [-0.05, 0) is 65.2 Å². The van der Waals surface area contributed by atoms with Crippen LogP contribution in [-0.4, -0.2) is 6.04 Å². The molecular formula is C15H14BrF2N. The Morgan fingerprint density at radius 3 is 2.63 bits per heavy atom. The second-order valence-electron chi connectivity index (χ2n) is 4.51. The number of benzene rings is 2. The normalized spacial score (nSPS) is 12.2. The molecule has 19 heavy (non-hydrogen) atoms. The molecule has 2 aromatic rings. The van der Waals surface area contributed by atoms with Gasteiger partial charge in [0.2, 0.25) is 0 Å². The van der Waals surface area contributed by atoms with E-state index in [1.54, 1.807) is 18.2 Å². The average Bonchev–Trinajstić information content (AvgIpc) is 2.34. The molecule has 1 nitrogen and oxygen atoms in total. The van der Waals surface area contributed by atoms with E-state index >= 15 is 0 Å². The topological polar surface area (TPSA) is 12.0 Å². The van der Waals surface area contributed by atoms with Crippen LogP contribution in [0, 0.1) is 11.6 Å². The minimum atomic E-state index is -0.303. The molecule has 1 atom stereocenters. The summed E-state index contributed by atoms with van der Waals surface area (Å²) in [6.45, 7) is 1.98. The van der Waals surface area contributed by atoms with Crippen molar-refractivity contribution >= 4 is 21.6 Å². The van der Waals surface area contributed by atoms with Gasteiger partial charge in [-0.25, -0.2) is 8.78 Å². The summed E-state index contributed by atoms with van der Waals surface area (Å²) in [5.41, 5.74) is 1.63. The first-order valence-electron chi connectivity index (χ1n) is 6.00. The molecule has 0 saturated heterocycles. The standard InChI is InChI=1S/C15H14BrF2N/c1-10(7-11-3-2-4-12(17)8-11)19-13-5-6-14(16)15(18)9-13/h2-6,8-10,19H,7H2,1H3. The summed E-state index contributed by atoms with van der Waals surface area (Å²) < 4.78 is 26.9. The van der Waals surface area contributed by atoms with Crippen LogP contribution in [0.4, 0.5) is 14.5 Å². The second-order valence-corrected chi connectivity index (χ2v) is 5.36. The fraction of sp³-hybridized carbons (Fsp3) is 0.200. The van der Waals surface area contributed by atoms with E-state index in [0.29, 0.717) is 16.6 Å². The number of rotatable bonds is 4. The minimum absolute atomic E-state index is 0.0855. The van der Waals surface area contributed by atoms with Crippen LogP contribution in [0.3, 0.4) is 0 Å². The van der Waals surface area contributed by atoms with E-state index in [9.17, 15) is 8.78 Å². The Kier molecular flexibility index (Phi) is 4.53. The smallest absolute Gasteiger partial charge is 0.139 e. The van der Waals surface area contributed by atoms with Gasteiger partial charge in [0.1, 0.15) is 11.6 Å². The van der Waals surface area contributed by atoms with E-state index in [0.717, 1.165) is 5.56 Å². The molecule has 0 spiro atoms. The Morgan fingerprint density at radius 2 is 1.95 bits per heavy atom. The molecule has 0 aliphatic carbocycles. The lowest BCUT2D eigenvalue weighted by Crippen LogP contribution is -2.18. The monoisotopic (exact) mass is 325 g/mol. The number of hydrogen-bond acceptors (Lipinski definition) is 1. The number of hydrogen-bond donors (Lipinski definition) is 1. The summed E-state index contributed by atoms with van der Waals surface area (Å²) in [7, 11) is 0. The van der Waals surface area contributed by atoms with Crippen LogP contribution in [0.1, 0.15) is 12.5 Å². The van der Waals surface area contributed by atoms with E-state index in [1.165, 1.54) is 18.2 Å². The lowest BCUT2D eigenvalue weighted by molar-refractivity contribution is 0.620. The molecule has 1 unspecified atom stereocenters. The lowest BCUT2D eigenvalue weighted by atomic mass is 10.1. The van der Waals surface area contributed by atoms with Gasteiger partial charge < -0.3 is 5.32 Å². The maximum absolute atomic E-state index is 13.4. The Hall–Kier alpha value is -1.42. The molecule has 0 fully saturated rings. The maximum Gasteiger partial charge on any atom is 0.139 e. The van der Waals surface area contributed by atoms with Crippen LogP contribution in [-0.2, 0) is 6.42 Å². The quantitative estimate of drug-likeness (QED) is 0.853. The van der Waals surface area contributed by atoms with Gasteiger partial charge in [-0.1, -0.05) is 12.1 Å². The lowest BCUT2D eigenvalue weighted by Gasteiger charge is -2.15. The van der Waals surface area contributed by atoms with Crippen molar-refractivity contribution in [1.29, 1.82) is 0 Å². The first-order chi connectivity index (χ1) is 9.04. The third-order valence-electron chi connectivity index (χ3n) is 2.76. The molecule has 0 amide bonds. The molecule has 0 aliphatic heterocycles. The van der Waals surface area contributed by atoms with Crippen molar-refractivity contribution in [3.8, 4) is 0 Å². The van der Waals surface area contributed by atoms with Gasteiger partial charge in [-0.3, -0.25) is 0 Å². The predicted octanol–water partition coefficient (Wildman–Crippen LogP) is 4.77. The summed E-state index contributed by atoms with van der Waals surface area (Å²) in [6.07, 6.45) is 0.676. The molecule has 100 valence electrons. The van der Waals surface area contributed by atoms with Gasteiger partial charge in [-0.2, -0.15) is 0 Å². The molecule has 0 saturated carbocycles. The first-order valence-corrected chi connectivity index (χ1v) is 6.80. The van der Waals surface area contributed by atoms with Crippen LogP contribution in [0.2, 0.25) is 0 Å². The van der Waals surface area contributed by atoms with Crippen molar-refractivity contribution < 1.29 is 8.78 Å².